The predicted octanol–water partition coefficient (Wildman–Crippen LogP) is 3.94. The molecule has 1 aliphatic heterocycles. The minimum atomic E-state index is -0.0614. The summed E-state index contributed by atoms with van der Waals surface area (Å²) in [6.45, 7) is 9.74. The first kappa shape index (κ1) is 13.0. The molecule has 1 aromatic rings. The summed E-state index contributed by atoms with van der Waals surface area (Å²) in [6.07, 6.45) is 0.968. The topological polar surface area (TPSA) is 27.0 Å². The SMILES string of the molecule is CC(C)c1ccc(N2CCC(C#N)C2(C)C)cc1. The summed E-state index contributed by atoms with van der Waals surface area (Å²) in [6, 6.07) is 11.2. The smallest absolute Gasteiger partial charge is 0.0706 e. The Morgan fingerprint density at radius 3 is 2.33 bits per heavy atom. The van der Waals surface area contributed by atoms with Gasteiger partial charge < -0.3 is 4.90 Å². The molecular formula is C16H22N2. The molecule has 18 heavy (non-hydrogen) atoms. The van der Waals surface area contributed by atoms with E-state index in [4.69, 9.17) is 0 Å². The van der Waals surface area contributed by atoms with Crippen LogP contribution in [0.25, 0.3) is 0 Å². The number of benzene rings is 1. The van der Waals surface area contributed by atoms with Crippen molar-refractivity contribution in [2.24, 2.45) is 5.92 Å². The van der Waals surface area contributed by atoms with Crippen LogP contribution in [0.2, 0.25) is 0 Å². The van der Waals surface area contributed by atoms with Crippen molar-refractivity contribution in [3.63, 3.8) is 0 Å². The van der Waals surface area contributed by atoms with E-state index in [9.17, 15) is 5.26 Å². The highest BCUT2D eigenvalue weighted by atomic mass is 15.2. The van der Waals surface area contributed by atoms with Gasteiger partial charge in [0.25, 0.3) is 0 Å². The van der Waals surface area contributed by atoms with Crippen LogP contribution in [0.5, 0.6) is 0 Å². The maximum atomic E-state index is 9.21. The van der Waals surface area contributed by atoms with Crippen LogP contribution >= 0.6 is 0 Å². The summed E-state index contributed by atoms with van der Waals surface area (Å²) in [5.74, 6) is 0.694. The van der Waals surface area contributed by atoms with Crippen molar-refractivity contribution in [1.82, 2.24) is 0 Å². The highest BCUT2D eigenvalue weighted by molar-refractivity contribution is 5.52. The van der Waals surface area contributed by atoms with Gasteiger partial charge in [0, 0.05) is 12.2 Å². The zero-order chi connectivity index (χ0) is 13.3. The lowest BCUT2D eigenvalue weighted by atomic mass is 9.89. The summed E-state index contributed by atoms with van der Waals surface area (Å²) >= 11 is 0. The maximum Gasteiger partial charge on any atom is 0.0706 e. The Hall–Kier alpha value is -1.49. The molecule has 0 radical (unpaired) electrons. The van der Waals surface area contributed by atoms with Crippen LogP contribution in [0.3, 0.4) is 0 Å². The van der Waals surface area contributed by atoms with Gasteiger partial charge in [-0.1, -0.05) is 26.0 Å². The van der Waals surface area contributed by atoms with Crippen LogP contribution in [-0.2, 0) is 0 Å². The minimum absolute atomic E-state index is 0.0614. The average Bonchev–Trinajstić information content (AvgIpc) is 2.64. The summed E-state index contributed by atoms with van der Waals surface area (Å²) < 4.78 is 0. The molecular weight excluding hydrogens is 220 g/mol. The molecule has 96 valence electrons. The third-order valence-electron chi connectivity index (χ3n) is 4.22. The molecule has 0 bridgehead atoms. The first-order chi connectivity index (χ1) is 8.46. The normalized spacial score (nSPS) is 22.2. The molecule has 1 heterocycles. The van der Waals surface area contributed by atoms with Gasteiger partial charge in [-0.15, -0.1) is 0 Å². The predicted molar refractivity (Wildman–Crippen MR) is 75.7 cm³/mol. The Labute approximate surface area is 110 Å². The quantitative estimate of drug-likeness (QED) is 0.785. The Kier molecular flexibility index (Phi) is 3.34. The molecule has 2 rings (SSSR count). The second-order valence-corrected chi connectivity index (χ2v) is 6.02. The van der Waals surface area contributed by atoms with Crippen LogP contribution in [0.4, 0.5) is 5.69 Å². The van der Waals surface area contributed by atoms with Gasteiger partial charge in [0.2, 0.25) is 0 Å². The monoisotopic (exact) mass is 242 g/mol. The Morgan fingerprint density at radius 2 is 1.89 bits per heavy atom. The van der Waals surface area contributed by atoms with Crippen LogP contribution in [-0.4, -0.2) is 12.1 Å². The molecule has 0 amide bonds. The van der Waals surface area contributed by atoms with Gasteiger partial charge in [-0.25, -0.2) is 0 Å². The number of nitrogens with zero attached hydrogens (tertiary/aromatic N) is 2. The largest absolute Gasteiger partial charge is 0.365 e. The molecule has 2 heteroatoms. The van der Waals surface area contributed by atoms with Crippen LogP contribution in [0.15, 0.2) is 24.3 Å². The molecule has 1 aromatic carbocycles. The van der Waals surface area contributed by atoms with E-state index in [0.717, 1.165) is 13.0 Å². The lowest BCUT2D eigenvalue weighted by molar-refractivity contribution is 0.439. The second kappa shape index (κ2) is 4.65. The van der Waals surface area contributed by atoms with E-state index in [-0.39, 0.29) is 11.5 Å². The Balaban J connectivity index is 2.25. The standard InChI is InChI=1S/C16H22N2/c1-12(2)13-5-7-15(8-6-13)18-10-9-14(11-17)16(18,3)4/h5-8,12,14H,9-10H2,1-4H3. The van der Waals surface area contributed by atoms with Gasteiger partial charge in [-0.3, -0.25) is 0 Å². The molecule has 2 nitrogen and oxygen atoms in total. The van der Waals surface area contributed by atoms with E-state index in [1.54, 1.807) is 0 Å². The van der Waals surface area contributed by atoms with Gasteiger partial charge in [0.05, 0.1) is 17.5 Å². The van der Waals surface area contributed by atoms with Crippen LogP contribution in [0.1, 0.15) is 45.6 Å². The van der Waals surface area contributed by atoms with E-state index < -0.39 is 0 Å². The lowest BCUT2D eigenvalue weighted by Gasteiger charge is -2.35. The fraction of sp³-hybridized carbons (Fsp3) is 0.562. The number of nitriles is 1. The first-order valence-electron chi connectivity index (χ1n) is 6.74. The number of hydrogen-bond donors (Lipinski definition) is 0. The fourth-order valence-electron chi connectivity index (χ4n) is 2.81. The van der Waals surface area contributed by atoms with Gasteiger partial charge in [-0.05, 0) is 43.9 Å². The number of hydrogen-bond acceptors (Lipinski definition) is 2. The fourth-order valence-corrected chi connectivity index (χ4v) is 2.81. The minimum Gasteiger partial charge on any atom is -0.365 e. The van der Waals surface area contributed by atoms with Crippen molar-refractivity contribution in [2.45, 2.75) is 45.6 Å². The molecule has 1 atom stereocenters. The molecule has 0 saturated carbocycles. The summed E-state index contributed by atoms with van der Waals surface area (Å²) in [5.41, 5.74) is 2.54. The molecule has 1 fully saturated rings. The summed E-state index contributed by atoms with van der Waals surface area (Å²) in [7, 11) is 0. The van der Waals surface area contributed by atoms with E-state index in [1.807, 2.05) is 0 Å². The highest BCUT2D eigenvalue weighted by Gasteiger charge is 2.41. The lowest BCUT2D eigenvalue weighted by Crippen LogP contribution is -2.42. The maximum absolute atomic E-state index is 9.21. The summed E-state index contributed by atoms with van der Waals surface area (Å²) in [5, 5.41) is 9.21. The number of anilines is 1. The van der Waals surface area contributed by atoms with Gasteiger partial charge in [0.1, 0.15) is 0 Å². The molecule has 1 saturated heterocycles. The Morgan fingerprint density at radius 1 is 1.28 bits per heavy atom. The average molecular weight is 242 g/mol. The third kappa shape index (κ3) is 2.10. The third-order valence-corrected chi connectivity index (χ3v) is 4.22. The zero-order valence-corrected chi connectivity index (χ0v) is 11.8. The van der Waals surface area contributed by atoms with Crippen molar-refractivity contribution in [3.8, 4) is 6.07 Å². The molecule has 1 unspecified atom stereocenters. The van der Waals surface area contributed by atoms with Crippen molar-refractivity contribution in [1.29, 1.82) is 5.26 Å². The first-order valence-corrected chi connectivity index (χ1v) is 6.74. The molecule has 0 aliphatic carbocycles. The van der Waals surface area contributed by atoms with Crippen molar-refractivity contribution < 1.29 is 0 Å². The van der Waals surface area contributed by atoms with Crippen LogP contribution in [0, 0.1) is 17.2 Å². The van der Waals surface area contributed by atoms with E-state index in [2.05, 4.69) is 62.9 Å². The molecule has 0 N–H and O–H groups in total. The molecule has 0 aromatic heterocycles. The number of rotatable bonds is 2. The van der Waals surface area contributed by atoms with Crippen molar-refractivity contribution in [2.75, 3.05) is 11.4 Å². The summed E-state index contributed by atoms with van der Waals surface area (Å²) in [4.78, 5) is 2.37. The Bertz CT molecular complexity index is 451. The zero-order valence-electron chi connectivity index (χ0n) is 11.8. The van der Waals surface area contributed by atoms with E-state index in [0.29, 0.717) is 5.92 Å². The second-order valence-electron chi connectivity index (χ2n) is 6.02. The molecule has 1 aliphatic rings. The highest BCUT2D eigenvalue weighted by Crippen LogP contribution is 2.38. The van der Waals surface area contributed by atoms with Crippen molar-refractivity contribution >= 4 is 5.69 Å². The van der Waals surface area contributed by atoms with Crippen LogP contribution < -0.4 is 4.90 Å². The van der Waals surface area contributed by atoms with Crippen molar-refractivity contribution in [3.05, 3.63) is 29.8 Å². The van der Waals surface area contributed by atoms with Gasteiger partial charge >= 0.3 is 0 Å². The molecule has 0 spiro atoms. The van der Waals surface area contributed by atoms with Gasteiger partial charge in [-0.2, -0.15) is 5.26 Å². The van der Waals surface area contributed by atoms with E-state index in [1.165, 1.54) is 11.3 Å². The van der Waals surface area contributed by atoms with E-state index >= 15 is 0 Å². The van der Waals surface area contributed by atoms with Gasteiger partial charge in [0.15, 0.2) is 0 Å².